The zero-order valence-corrected chi connectivity index (χ0v) is 17.2. The summed E-state index contributed by atoms with van der Waals surface area (Å²) in [6.07, 6.45) is 3.04. The molecule has 0 saturated carbocycles. The summed E-state index contributed by atoms with van der Waals surface area (Å²) in [7, 11) is -2.21. The number of hydrogen-bond donors (Lipinski definition) is 0. The summed E-state index contributed by atoms with van der Waals surface area (Å²) in [5.74, 6) is -0.481. The Kier molecular flexibility index (Phi) is 6.09. The molecule has 1 atom stereocenters. The number of esters is 1. The first-order valence-electron chi connectivity index (χ1n) is 9.04. The van der Waals surface area contributed by atoms with E-state index in [0.717, 1.165) is 11.3 Å². The molecule has 0 amide bonds. The topological polar surface area (TPSA) is 94.4 Å². The van der Waals surface area contributed by atoms with Crippen LogP contribution in [0.25, 0.3) is 5.69 Å². The first kappa shape index (κ1) is 20.7. The van der Waals surface area contributed by atoms with Crippen LogP contribution < -0.4 is 0 Å². The number of nitrogens with zero attached hydrogens (tertiary/aromatic N) is 4. The third kappa shape index (κ3) is 4.36. The molecule has 3 rings (SSSR count). The third-order valence-corrected chi connectivity index (χ3v) is 6.59. The summed E-state index contributed by atoms with van der Waals surface area (Å²) < 4.78 is 33.8. The predicted molar refractivity (Wildman–Crippen MR) is 107 cm³/mol. The summed E-state index contributed by atoms with van der Waals surface area (Å²) in [6, 6.07) is 12.8. The second kappa shape index (κ2) is 8.54. The molecule has 0 saturated heterocycles. The largest absolute Gasteiger partial charge is 0.462 e. The Bertz CT molecular complexity index is 1060. The van der Waals surface area contributed by atoms with Crippen molar-refractivity contribution in [3.8, 4) is 5.69 Å². The van der Waals surface area contributed by atoms with Gasteiger partial charge in [0.05, 0.1) is 22.8 Å². The van der Waals surface area contributed by atoms with Gasteiger partial charge in [-0.3, -0.25) is 0 Å². The third-order valence-electron chi connectivity index (χ3n) is 4.65. The minimum Gasteiger partial charge on any atom is -0.462 e. The zero-order valence-electron chi connectivity index (χ0n) is 16.4. The van der Waals surface area contributed by atoms with Crippen molar-refractivity contribution in [1.29, 1.82) is 0 Å². The van der Waals surface area contributed by atoms with Gasteiger partial charge >= 0.3 is 5.97 Å². The van der Waals surface area contributed by atoms with Crippen molar-refractivity contribution in [3.63, 3.8) is 0 Å². The quantitative estimate of drug-likeness (QED) is 0.552. The van der Waals surface area contributed by atoms with E-state index >= 15 is 0 Å². The smallest absolute Gasteiger partial charge is 0.338 e. The van der Waals surface area contributed by atoms with Crippen LogP contribution in [-0.4, -0.2) is 47.1 Å². The van der Waals surface area contributed by atoms with Gasteiger partial charge in [0.25, 0.3) is 0 Å². The van der Waals surface area contributed by atoms with E-state index in [1.54, 1.807) is 17.9 Å². The first-order chi connectivity index (χ1) is 13.8. The Morgan fingerprint density at radius 2 is 1.79 bits per heavy atom. The zero-order chi connectivity index (χ0) is 21.0. The summed E-state index contributed by atoms with van der Waals surface area (Å²) in [4.78, 5) is 15.8. The predicted octanol–water partition coefficient (Wildman–Crippen LogP) is 2.83. The Labute approximate surface area is 169 Å². The van der Waals surface area contributed by atoms with Gasteiger partial charge in [0.1, 0.15) is 12.7 Å². The van der Waals surface area contributed by atoms with Crippen molar-refractivity contribution in [2.45, 2.75) is 24.8 Å². The van der Waals surface area contributed by atoms with Crippen molar-refractivity contribution in [3.05, 3.63) is 72.3 Å². The Morgan fingerprint density at radius 1 is 1.14 bits per heavy atom. The van der Waals surface area contributed by atoms with E-state index < -0.39 is 22.0 Å². The SMILES string of the molecule is CCOC(=O)c1ccc(S(=O)(=O)N(C)[C@H](C)c2ccc(-n3cncn3)cc2)cc1. The average Bonchev–Trinajstić information content (AvgIpc) is 3.28. The van der Waals surface area contributed by atoms with Gasteiger partial charge in [0.15, 0.2) is 0 Å². The number of carbonyl (C=O) groups excluding carboxylic acids is 1. The van der Waals surface area contributed by atoms with E-state index in [2.05, 4.69) is 10.1 Å². The van der Waals surface area contributed by atoms with Gasteiger partial charge < -0.3 is 4.74 Å². The summed E-state index contributed by atoms with van der Waals surface area (Å²) in [5.41, 5.74) is 1.98. The lowest BCUT2D eigenvalue weighted by Gasteiger charge is -2.25. The molecule has 0 aliphatic rings. The molecule has 29 heavy (non-hydrogen) atoms. The molecule has 0 radical (unpaired) electrons. The Balaban J connectivity index is 1.79. The molecule has 8 nitrogen and oxygen atoms in total. The van der Waals surface area contributed by atoms with Gasteiger partial charge in [-0.1, -0.05) is 12.1 Å². The highest BCUT2D eigenvalue weighted by atomic mass is 32.2. The minimum absolute atomic E-state index is 0.110. The molecule has 0 fully saturated rings. The minimum atomic E-state index is -3.74. The standard InChI is InChI=1S/C20H22N4O4S/c1-4-28-20(25)17-7-11-19(12-8-17)29(26,27)23(3)15(2)16-5-9-18(10-6-16)24-14-21-13-22-24/h5-15H,4H2,1-3H3/t15-/m1/s1. The van der Waals surface area contributed by atoms with Crippen molar-refractivity contribution < 1.29 is 17.9 Å². The second-order valence-corrected chi connectivity index (χ2v) is 8.37. The summed E-state index contributed by atoms with van der Waals surface area (Å²) in [5, 5.41) is 4.07. The first-order valence-corrected chi connectivity index (χ1v) is 10.5. The molecule has 0 aliphatic carbocycles. The van der Waals surface area contributed by atoms with Crippen LogP contribution in [-0.2, 0) is 14.8 Å². The molecule has 0 unspecified atom stereocenters. The van der Waals surface area contributed by atoms with Gasteiger partial charge in [-0.15, -0.1) is 0 Å². The molecular weight excluding hydrogens is 392 g/mol. The van der Waals surface area contributed by atoms with E-state index in [-0.39, 0.29) is 11.5 Å². The number of aromatic nitrogens is 3. The molecule has 3 aromatic rings. The number of hydrogen-bond acceptors (Lipinski definition) is 6. The number of rotatable bonds is 7. The highest BCUT2D eigenvalue weighted by Gasteiger charge is 2.26. The van der Waals surface area contributed by atoms with Crippen LogP contribution in [0.2, 0.25) is 0 Å². The molecule has 1 heterocycles. The fourth-order valence-electron chi connectivity index (χ4n) is 2.81. The van der Waals surface area contributed by atoms with Crippen LogP contribution in [0, 0.1) is 0 Å². The number of benzene rings is 2. The van der Waals surface area contributed by atoms with Gasteiger partial charge in [0.2, 0.25) is 10.0 Å². The molecule has 1 aromatic heterocycles. The fourth-order valence-corrected chi connectivity index (χ4v) is 4.16. The Hall–Kier alpha value is -3.04. The van der Waals surface area contributed by atoms with E-state index in [0.29, 0.717) is 5.56 Å². The van der Waals surface area contributed by atoms with E-state index in [4.69, 9.17) is 4.74 Å². The number of carbonyl (C=O) groups is 1. The van der Waals surface area contributed by atoms with Gasteiger partial charge in [0, 0.05) is 13.1 Å². The van der Waals surface area contributed by atoms with Crippen molar-refractivity contribution in [1.82, 2.24) is 19.1 Å². The molecule has 0 bridgehead atoms. The molecule has 0 aliphatic heterocycles. The highest BCUT2D eigenvalue weighted by Crippen LogP contribution is 2.26. The molecule has 9 heteroatoms. The van der Waals surface area contributed by atoms with Crippen LogP contribution in [0.5, 0.6) is 0 Å². The molecule has 2 aromatic carbocycles. The van der Waals surface area contributed by atoms with E-state index in [1.807, 2.05) is 31.2 Å². The van der Waals surface area contributed by atoms with Crippen LogP contribution in [0.3, 0.4) is 0 Å². The summed E-state index contributed by atoms with van der Waals surface area (Å²) >= 11 is 0. The van der Waals surface area contributed by atoms with Crippen molar-refractivity contribution >= 4 is 16.0 Å². The monoisotopic (exact) mass is 414 g/mol. The highest BCUT2D eigenvalue weighted by molar-refractivity contribution is 7.89. The molecule has 152 valence electrons. The van der Waals surface area contributed by atoms with E-state index in [1.165, 1.54) is 41.9 Å². The van der Waals surface area contributed by atoms with Crippen LogP contribution in [0.15, 0.2) is 66.1 Å². The normalized spacial score (nSPS) is 12.7. The van der Waals surface area contributed by atoms with Crippen LogP contribution in [0.4, 0.5) is 0 Å². The van der Waals surface area contributed by atoms with Crippen molar-refractivity contribution in [2.24, 2.45) is 0 Å². The maximum Gasteiger partial charge on any atom is 0.338 e. The maximum absolute atomic E-state index is 13.0. The Morgan fingerprint density at radius 3 is 2.34 bits per heavy atom. The molecular formula is C20H22N4O4S. The van der Waals surface area contributed by atoms with Crippen LogP contribution >= 0.6 is 0 Å². The summed E-state index contributed by atoms with van der Waals surface area (Å²) in [6.45, 7) is 3.79. The lowest BCUT2D eigenvalue weighted by Crippen LogP contribution is -2.29. The number of ether oxygens (including phenoxy) is 1. The van der Waals surface area contributed by atoms with Crippen LogP contribution in [0.1, 0.15) is 35.8 Å². The lowest BCUT2D eigenvalue weighted by molar-refractivity contribution is 0.0526. The van der Waals surface area contributed by atoms with Gasteiger partial charge in [-0.25, -0.2) is 22.9 Å². The fraction of sp³-hybridized carbons (Fsp3) is 0.250. The molecule has 0 spiro atoms. The maximum atomic E-state index is 13.0. The second-order valence-electron chi connectivity index (χ2n) is 6.37. The van der Waals surface area contributed by atoms with Gasteiger partial charge in [-0.05, 0) is 55.8 Å². The van der Waals surface area contributed by atoms with Crippen molar-refractivity contribution in [2.75, 3.05) is 13.7 Å². The lowest BCUT2D eigenvalue weighted by atomic mass is 10.1. The average molecular weight is 414 g/mol. The van der Waals surface area contributed by atoms with E-state index in [9.17, 15) is 13.2 Å². The number of sulfonamides is 1. The van der Waals surface area contributed by atoms with Gasteiger partial charge in [-0.2, -0.15) is 9.40 Å². The molecule has 0 N–H and O–H groups in total.